The molecule has 0 aliphatic carbocycles. The van der Waals surface area contributed by atoms with E-state index in [1.165, 1.54) is 0 Å². The summed E-state index contributed by atoms with van der Waals surface area (Å²) in [5.41, 5.74) is 0.699. The number of ether oxygens (including phenoxy) is 9. The van der Waals surface area contributed by atoms with Gasteiger partial charge in [0.05, 0.1) is 39.2 Å². The van der Waals surface area contributed by atoms with Crippen LogP contribution in [0.3, 0.4) is 0 Å². The van der Waals surface area contributed by atoms with Crippen molar-refractivity contribution in [3.8, 4) is 0 Å². The zero-order valence-electron chi connectivity index (χ0n) is 20.4. The van der Waals surface area contributed by atoms with Crippen LogP contribution < -0.4 is 0 Å². The van der Waals surface area contributed by atoms with Gasteiger partial charge in [0.15, 0.2) is 24.2 Å². The number of hydrogen-bond acceptors (Lipinski definition) is 11. The van der Waals surface area contributed by atoms with E-state index in [9.17, 15) is 0 Å². The van der Waals surface area contributed by atoms with Crippen LogP contribution >= 0.6 is 0 Å². The van der Waals surface area contributed by atoms with Crippen LogP contribution in [-0.4, -0.2) is 95.6 Å². The van der Waals surface area contributed by atoms with Crippen molar-refractivity contribution in [2.75, 3.05) is 19.8 Å². The minimum Gasteiger partial charge on any atom is -0.372 e. The Labute approximate surface area is 203 Å². The second-order valence-electron chi connectivity index (χ2n) is 10.3. The number of rotatable bonds is 0. The molecule has 12 heteroatoms. The van der Waals surface area contributed by atoms with Gasteiger partial charge in [-0.25, -0.2) is 4.68 Å². The molecular weight excluding hydrogens is 462 g/mol. The van der Waals surface area contributed by atoms with E-state index in [-0.39, 0.29) is 43.2 Å². The molecule has 5 aliphatic rings. The van der Waals surface area contributed by atoms with Crippen molar-refractivity contribution >= 4 is 0 Å². The van der Waals surface area contributed by atoms with Crippen molar-refractivity contribution in [3.05, 3.63) is 24.0 Å². The summed E-state index contributed by atoms with van der Waals surface area (Å²) in [6.07, 6.45) is 2.75. The first-order chi connectivity index (χ1) is 16.8. The van der Waals surface area contributed by atoms with Gasteiger partial charge in [0.25, 0.3) is 0 Å². The van der Waals surface area contributed by atoms with Gasteiger partial charge in [0, 0.05) is 0 Å². The predicted octanol–water partition coefficient (Wildman–Crippen LogP) is 0.888. The molecule has 0 aromatic carbocycles. The maximum Gasteiger partial charge on any atom is 0.190 e. The predicted molar refractivity (Wildman–Crippen MR) is 116 cm³/mol. The third-order valence-electron chi connectivity index (χ3n) is 6.60. The normalized spacial score (nSPS) is 43.7. The fourth-order valence-electron chi connectivity index (χ4n) is 5.21. The van der Waals surface area contributed by atoms with E-state index in [0.717, 1.165) is 0 Å². The maximum absolute atomic E-state index is 6.20. The van der Waals surface area contributed by atoms with Crippen molar-refractivity contribution in [3.63, 3.8) is 0 Å². The Bertz CT molecular complexity index is 937. The Morgan fingerprint density at radius 1 is 0.800 bits per heavy atom. The number of fused-ring (bicyclic) bond motifs is 8. The summed E-state index contributed by atoms with van der Waals surface area (Å²) in [4.78, 5) is 0. The van der Waals surface area contributed by atoms with E-state index in [4.69, 9.17) is 42.6 Å². The Morgan fingerprint density at radius 2 is 1.40 bits per heavy atom. The van der Waals surface area contributed by atoms with E-state index in [0.29, 0.717) is 32.1 Å². The van der Waals surface area contributed by atoms with Gasteiger partial charge in [0.1, 0.15) is 42.3 Å². The zero-order chi connectivity index (χ0) is 24.2. The molecule has 0 N–H and O–H groups in total. The van der Waals surface area contributed by atoms with Gasteiger partial charge >= 0.3 is 0 Å². The highest BCUT2D eigenvalue weighted by atomic mass is 16.9. The maximum atomic E-state index is 6.20. The largest absolute Gasteiger partial charge is 0.372 e. The van der Waals surface area contributed by atoms with Gasteiger partial charge in [-0.15, -0.1) is 5.10 Å². The van der Waals surface area contributed by atoms with Gasteiger partial charge in [-0.1, -0.05) is 17.4 Å². The van der Waals surface area contributed by atoms with Crippen LogP contribution in [0.25, 0.3) is 0 Å². The van der Waals surface area contributed by atoms with Crippen molar-refractivity contribution in [2.24, 2.45) is 0 Å². The zero-order valence-corrected chi connectivity index (χ0v) is 20.4. The highest BCUT2D eigenvalue weighted by Crippen LogP contribution is 2.40. The Morgan fingerprint density at radius 3 is 2.06 bits per heavy atom. The molecule has 1 aromatic rings. The molecule has 194 valence electrons. The smallest absolute Gasteiger partial charge is 0.190 e. The topological polar surface area (TPSA) is 114 Å². The molecule has 12 nitrogen and oxygen atoms in total. The molecule has 1 aromatic heterocycles. The van der Waals surface area contributed by atoms with Crippen LogP contribution in [0.1, 0.15) is 33.4 Å². The summed E-state index contributed by atoms with van der Waals surface area (Å²) < 4.78 is 56.1. The summed E-state index contributed by atoms with van der Waals surface area (Å²) in [7, 11) is 0. The fraction of sp³-hybridized carbons (Fsp3) is 0.826. The highest BCUT2D eigenvalue weighted by Gasteiger charge is 2.56. The Kier molecular flexibility index (Phi) is 6.23. The molecule has 6 heterocycles. The molecule has 5 aliphatic heterocycles. The van der Waals surface area contributed by atoms with Crippen molar-refractivity contribution in [2.45, 2.75) is 102 Å². The third-order valence-corrected chi connectivity index (χ3v) is 6.60. The number of hydrogen-bond donors (Lipinski definition) is 0. The summed E-state index contributed by atoms with van der Waals surface area (Å²) in [5.74, 6) is -1.45. The van der Waals surface area contributed by atoms with Crippen LogP contribution in [0, 0.1) is 0 Å². The average Bonchev–Trinajstić information content (AvgIpc) is 3.53. The molecule has 4 saturated heterocycles. The van der Waals surface area contributed by atoms with E-state index < -0.39 is 24.2 Å². The molecular formula is C23H33N3O9. The second-order valence-corrected chi connectivity index (χ2v) is 10.3. The Balaban J connectivity index is 1.17. The standard InChI is InChI=1S/C23H33N3O9/c1-22(2)32-18-16-14(30-20(18)34-22)10-26-9-13(24-25-26)11-27-12-15-17(29-8-6-5-7-28-16)19-21(31-15)35-23(3,4)33-19/h5-6,9,14-21H,7-8,10-12H2,1-4H3/b6-5+/t14-,15-,16+,17+,18-,19-,20-,21-/m1/s1. The quantitative estimate of drug-likeness (QED) is 0.478. The molecule has 35 heavy (non-hydrogen) atoms. The van der Waals surface area contributed by atoms with Crippen LogP contribution in [0.2, 0.25) is 0 Å². The summed E-state index contributed by atoms with van der Waals surface area (Å²) in [5, 5.41) is 8.46. The first-order valence-electron chi connectivity index (χ1n) is 12.1. The van der Waals surface area contributed by atoms with Gasteiger partial charge in [-0.2, -0.15) is 0 Å². The first-order valence-corrected chi connectivity index (χ1v) is 12.1. The van der Waals surface area contributed by atoms with E-state index in [2.05, 4.69) is 10.3 Å². The van der Waals surface area contributed by atoms with Gasteiger partial charge in [-0.3, -0.25) is 0 Å². The molecule has 6 rings (SSSR count). The van der Waals surface area contributed by atoms with Crippen molar-refractivity contribution in [1.29, 1.82) is 0 Å². The summed E-state index contributed by atoms with van der Waals surface area (Å²) >= 11 is 0. The molecule has 0 radical (unpaired) electrons. The van der Waals surface area contributed by atoms with Crippen LogP contribution in [-0.2, 0) is 55.8 Å². The minimum absolute atomic E-state index is 0.284. The van der Waals surface area contributed by atoms with Crippen molar-refractivity contribution < 1.29 is 42.6 Å². The molecule has 0 spiro atoms. The monoisotopic (exact) mass is 495 g/mol. The van der Waals surface area contributed by atoms with Crippen LogP contribution in [0.4, 0.5) is 0 Å². The minimum atomic E-state index is -0.725. The summed E-state index contributed by atoms with van der Waals surface area (Å²) in [6.45, 7) is 9.26. The molecule has 8 atom stereocenters. The molecule has 0 unspecified atom stereocenters. The highest BCUT2D eigenvalue weighted by molar-refractivity contribution is 4.98. The Hall–Kier alpha value is -1.48. The van der Waals surface area contributed by atoms with Crippen molar-refractivity contribution in [1.82, 2.24) is 15.0 Å². The van der Waals surface area contributed by atoms with E-state index in [1.807, 2.05) is 46.0 Å². The fourth-order valence-corrected chi connectivity index (χ4v) is 5.21. The molecule has 0 saturated carbocycles. The van der Waals surface area contributed by atoms with Gasteiger partial charge < -0.3 is 42.6 Å². The average molecular weight is 496 g/mol. The lowest BCUT2D eigenvalue weighted by Gasteiger charge is -2.25. The van der Waals surface area contributed by atoms with E-state index >= 15 is 0 Å². The van der Waals surface area contributed by atoms with Gasteiger partial charge in [0.2, 0.25) is 0 Å². The lowest BCUT2D eigenvalue weighted by atomic mass is 10.1. The van der Waals surface area contributed by atoms with Gasteiger partial charge in [-0.05, 0) is 27.7 Å². The number of nitrogens with zero attached hydrogens (tertiary/aromatic N) is 3. The lowest BCUT2D eigenvalue weighted by Crippen LogP contribution is -2.39. The molecule has 4 fully saturated rings. The van der Waals surface area contributed by atoms with E-state index in [1.54, 1.807) is 4.68 Å². The second kappa shape index (κ2) is 9.12. The first kappa shape index (κ1) is 23.9. The summed E-state index contributed by atoms with van der Waals surface area (Å²) in [6, 6.07) is 0. The SMILES string of the molecule is CC1(C)O[C@H]2O[C@@H]3COCc4cn(nn4)C[C@H]4O[C@@H]5OC(C)(C)O[C@@H]5[C@H]4OC/C=C/CO[C@@H]3[C@H]2O1. The third kappa shape index (κ3) is 4.91. The number of aromatic nitrogens is 3. The van der Waals surface area contributed by atoms with Crippen LogP contribution in [0.15, 0.2) is 18.3 Å². The lowest BCUT2D eigenvalue weighted by molar-refractivity contribution is -0.223. The molecule has 0 amide bonds. The van der Waals surface area contributed by atoms with Crippen LogP contribution in [0.5, 0.6) is 0 Å². The molecule has 2 bridgehead atoms.